The fraction of sp³-hybridized carbons (Fsp3) is 0.208. The number of carbonyl (C=O) groups excluding carboxylic acids is 1. The smallest absolute Gasteiger partial charge is 0.340 e. The highest BCUT2D eigenvalue weighted by molar-refractivity contribution is 6.30. The van der Waals surface area contributed by atoms with Gasteiger partial charge in [-0.15, -0.1) is 0 Å². The Bertz CT molecular complexity index is 1230. The number of aliphatic carboxylic acids is 1. The van der Waals surface area contributed by atoms with E-state index in [0.29, 0.717) is 26.9 Å². The summed E-state index contributed by atoms with van der Waals surface area (Å²) < 4.78 is 6.03. The van der Waals surface area contributed by atoms with Crippen LogP contribution in [0.3, 0.4) is 0 Å². The molecule has 0 fully saturated rings. The average Bonchev–Trinajstić information content (AvgIpc) is 3.03. The molecule has 1 aliphatic heterocycles. The number of hydrogen-bond acceptors (Lipinski definition) is 5. The highest BCUT2D eigenvalue weighted by atomic mass is 35.5. The zero-order valence-electron chi connectivity index (χ0n) is 17.8. The Morgan fingerprint density at radius 2 is 1.79 bits per heavy atom. The van der Waals surface area contributed by atoms with Crippen molar-refractivity contribution in [3.05, 3.63) is 98.8 Å². The van der Waals surface area contributed by atoms with E-state index < -0.39 is 23.2 Å². The molecule has 1 aromatic heterocycles. The van der Waals surface area contributed by atoms with E-state index in [-0.39, 0.29) is 17.7 Å². The van der Waals surface area contributed by atoms with Gasteiger partial charge in [-0.3, -0.25) is 14.7 Å². The predicted molar refractivity (Wildman–Crippen MR) is 122 cm³/mol. The second-order valence-electron chi connectivity index (χ2n) is 7.85. The lowest BCUT2D eigenvalue weighted by Crippen LogP contribution is -2.45. The highest BCUT2D eigenvalue weighted by Gasteiger charge is 2.52. The summed E-state index contributed by atoms with van der Waals surface area (Å²) in [6, 6.07) is 14.8. The van der Waals surface area contributed by atoms with Gasteiger partial charge in [0.05, 0.1) is 17.3 Å². The molecule has 3 aromatic rings. The normalized spacial score (nSPS) is 19.3. The van der Waals surface area contributed by atoms with Gasteiger partial charge in [-0.05, 0) is 42.8 Å². The monoisotopic (exact) mass is 486 g/mol. The predicted octanol–water partition coefficient (Wildman–Crippen LogP) is 4.18. The quantitative estimate of drug-likeness (QED) is 0.541. The number of fused-ring (bicyclic) bond motifs is 1. The van der Waals surface area contributed by atoms with E-state index in [4.69, 9.17) is 27.9 Å². The van der Waals surface area contributed by atoms with Crippen LogP contribution in [0.2, 0.25) is 10.0 Å². The molecule has 2 atom stereocenters. The number of nitrogens with zero attached hydrogens (tertiary/aromatic N) is 2. The Morgan fingerprint density at radius 3 is 2.36 bits per heavy atom. The van der Waals surface area contributed by atoms with Crippen LogP contribution < -0.4 is 0 Å². The topological polar surface area (TPSA) is 100.0 Å². The number of carbonyl (C=O) groups is 2. The minimum absolute atomic E-state index is 0.0784. The molecule has 7 nitrogen and oxygen atoms in total. The van der Waals surface area contributed by atoms with E-state index in [9.17, 15) is 19.8 Å². The van der Waals surface area contributed by atoms with Crippen molar-refractivity contribution >= 4 is 35.1 Å². The average molecular weight is 487 g/mol. The molecule has 170 valence electrons. The van der Waals surface area contributed by atoms with Gasteiger partial charge < -0.3 is 14.9 Å². The molecule has 4 rings (SSSR count). The Labute approximate surface area is 200 Å². The van der Waals surface area contributed by atoms with E-state index in [0.717, 1.165) is 6.92 Å². The minimum Gasteiger partial charge on any atom is -0.479 e. The number of methoxy groups -OCH3 is 1. The van der Waals surface area contributed by atoms with Crippen molar-refractivity contribution in [3.8, 4) is 0 Å². The largest absolute Gasteiger partial charge is 0.479 e. The van der Waals surface area contributed by atoms with Crippen molar-refractivity contribution in [3.63, 3.8) is 0 Å². The molecule has 2 heterocycles. The van der Waals surface area contributed by atoms with E-state index in [1.807, 2.05) is 0 Å². The molecule has 1 unspecified atom stereocenters. The molecule has 1 amide bonds. The first-order valence-electron chi connectivity index (χ1n) is 9.95. The molecule has 0 spiro atoms. The number of ether oxygens (including phenoxy) is 1. The zero-order chi connectivity index (χ0) is 24.0. The Morgan fingerprint density at radius 1 is 1.12 bits per heavy atom. The molecule has 1 aliphatic rings. The number of carboxylic acid groups (broad SMARTS) is 1. The first-order valence-corrected chi connectivity index (χ1v) is 10.7. The number of amides is 1. The summed E-state index contributed by atoms with van der Waals surface area (Å²) in [7, 11) is 1.49. The lowest BCUT2D eigenvalue weighted by molar-refractivity contribution is -0.157. The van der Waals surface area contributed by atoms with Crippen LogP contribution in [0.5, 0.6) is 0 Å². The van der Waals surface area contributed by atoms with Gasteiger partial charge in [-0.2, -0.15) is 0 Å². The number of aliphatic hydroxyl groups is 1. The number of benzene rings is 2. The molecule has 33 heavy (non-hydrogen) atoms. The van der Waals surface area contributed by atoms with Crippen molar-refractivity contribution in [1.82, 2.24) is 9.88 Å². The number of hydrogen-bond donors (Lipinski definition) is 2. The van der Waals surface area contributed by atoms with E-state index in [2.05, 4.69) is 4.98 Å². The summed E-state index contributed by atoms with van der Waals surface area (Å²) in [5.41, 5.74) is -1.46. The molecule has 0 radical (unpaired) electrons. The van der Waals surface area contributed by atoms with Crippen molar-refractivity contribution in [2.24, 2.45) is 0 Å². The molecule has 9 heteroatoms. The molecular formula is C24H20Cl2N2O5. The van der Waals surface area contributed by atoms with Crippen molar-refractivity contribution in [2.45, 2.75) is 24.8 Å². The van der Waals surface area contributed by atoms with Crippen LogP contribution in [-0.4, -0.2) is 39.1 Å². The number of pyridine rings is 1. The second kappa shape index (κ2) is 8.43. The fourth-order valence-electron chi connectivity index (χ4n) is 4.05. The molecule has 0 aliphatic carbocycles. The van der Waals surface area contributed by atoms with Gasteiger partial charge in [-0.25, -0.2) is 4.79 Å². The van der Waals surface area contributed by atoms with E-state index in [1.165, 1.54) is 30.3 Å². The van der Waals surface area contributed by atoms with Gasteiger partial charge in [0.1, 0.15) is 0 Å². The number of carboxylic acids is 1. The summed E-state index contributed by atoms with van der Waals surface area (Å²) in [5.74, 6) is -1.83. The maximum atomic E-state index is 13.7. The van der Waals surface area contributed by atoms with Crippen LogP contribution in [0.15, 0.2) is 60.8 Å². The third-order valence-electron chi connectivity index (χ3n) is 5.86. The lowest BCUT2D eigenvalue weighted by Gasteiger charge is -2.38. The number of aromatic nitrogens is 1. The van der Waals surface area contributed by atoms with Crippen LogP contribution in [0.4, 0.5) is 0 Å². The second-order valence-corrected chi connectivity index (χ2v) is 8.72. The van der Waals surface area contributed by atoms with Crippen LogP contribution >= 0.6 is 23.2 Å². The van der Waals surface area contributed by atoms with Crippen molar-refractivity contribution in [2.75, 3.05) is 7.11 Å². The van der Waals surface area contributed by atoms with Gasteiger partial charge in [0.25, 0.3) is 5.91 Å². The van der Waals surface area contributed by atoms with Gasteiger partial charge in [-0.1, -0.05) is 47.5 Å². The van der Waals surface area contributed by atoms with Gasteiger partial charge >= 0.3 is 5.97 Å². The summed E-state index contributed by atoms with van der Waals surface area (Å²) in [5, 5.41) is 20.9. The third-order valence-corrected chi connectivity index (χ3v) is 6.33. The zero-order valence-corrected chi connectivity index (χ0v) is 19.3. The van der Waals surface area contributed by atoms with E-state index in [1.54, 1.807) is 42.5 Å². The van der Waals surface area contributed by atoms with Crippen LogP contribution in [-0.2, 0) is 27.4 Å². The number of halogens is 2. The van der Waals surface area contributed by atoms with Gasteiger partial charge in [0.2, 0.25) is 0 Å². The molecule has 2 N–H and O–H groups in total. The van der Waals surface area contributed by atoms with Crippen molar-refractivity contribution < 1.29 is 24.5 Å². The molecule has 2 aromatic carbocycles. The molecule has 0 saturated heterocycles. The highest BCUT2D eigenvalue weighted by Crippen LogP contribution is 2.46. The van der Waals surface area contributed by atoms with Gasteiger partial charge in [0, 0.05) is 35.0 Å². The third kappa shape index (κ3) is 3.77. The Balaban J connectivity index is 1.92. The summed E-state index contributed by atoms with van der Waals surface area (Å²) >= 11 is 12.0. The number of rotatable bonds is 6. The summed E-state index contributed by atoms with van der Waals surface area (Å²) in [6.07, 6.45) is 1.49. The maximum absolute atomic E-state index is 13.7. The molecular weight excluding hydrogens is 467 g/mol. The maximum Gasteiger partial charge on any atom is 0.340 e. The molecule has 0 bridgehead atoms. The van der Waals surface area contributed by atoms with Gasteiger partial charge in [0.15, 0.2) is 11.3 Å². The fourth-order valence-corrected chi connectivity index (χ4v) is 4.28. The van der Waals surface area contributed by atoms with Crippen molar-refractivity contribution in [1.29, 1.82) is 0 Å². The standard InChI is InChI=1S/C24H20Cl2N2O5/c1-23(32,22(30)31)15-5-10-20-19(11-15)21(29)28(13-18-9-8-17(26)12-27-18)24(20,33-2)14-3-6-16(25)7-4-14/h3-12,32H,13H2,1-2H3,(H,30,31)/t23?,24-/m1/s1. The summed E-state index contributed by atoms with van der Waals surface area (Å²) in [6.45, 7) is 1.25. The first-order chi connectivity index (χ1) is 15.6. The SMILES string of the molecule is CO[C@]1(c2ccc(Cl)cc2)c2ccc(C(C)(O)C(=O)O)cc2C(=O)N1Cc1ccc(Cl)cn1. The summed E-state index contributed by atoms with van der Waals surface area (Å²) in [4.78, 5) is 31.1. The Kier molecular flexibility index (Phi) is 5.92. The van der Waals surface area contributed by atoms with E-state index >= 15 is 0 Å². The van der Waals surface area contributed by atoms with Crippen LogP contribution in [0.25, 0.3) is 0 Å². The lowest BCUT2D eigenvalue weighted by atomic mass is 9.88. The van der Waals surface area contributed by atoms with Crippen LogP contribution in [0.1, 0.15) is 39.7 Å². The first kappa shape index (κ1) is 23.2. The minimum atomic E-state index is -2.17. The van der Waals surface area contributed by atoms with Crippen LogP contribution in [0, 0.1) is 0 Å². The Hall–Kier alpha value is -2.97. The molecule has 0 saturated carbocycles.